The molecule has 9 nitrogen and oxygen atoms in total. The van der Waals surface area contributed by atoms with E-state index < -0.39 is 10.1 Å². The summed E-state index contributed by atoms with van der Waals surface area (Å²) in [5.41, 5.74) is 4.29. The van der Waals surface area contributed by atoms with Gasteiger partial charge in [-0.3, -0.25) is 5.43 Å². The summed E-state index contributed by atoms with van der Waals surface area (Å²) >= 11 is 3.40. The van der Waals surface area contributed by atoms with E-state index in [1.54, 1.807) is 41.3 Å². The van der Waals surface area contributed by atoms with E-state index in [0.717, 1.165) is 10.0 Å². The number of benzene rings is 2. The number of nitrogens with one attached hydrogen (secondary N) is 1. The molecule has 0 saturated carbocycles. The summed E-state index contributed by atoms with van der Waals surface area (Å²) in [6.45, 7) is 1.88. The van der Waals surface area contributed by atoms with Crippen LogP contribution in [-0.4, -0.2) is 52.8 Å². The Balaban J connectivity index is 1.86. The molecule has 1 heterocycles. The Morgan fingerprint density at radius 3 is 2.33 bits per heavy atom. The lowest BCUT2D eigenvalue weighted by Crippen LogP contribution is -2.17. The maximum atomic E-state index is 12.7. The zero-order valence-electron chi connectivity index (χ0n) is 18.9. The van der Waals surface area contributed by atoms with Gasteiger partial charge in [0.05, 0.1) is 6.21 Å². The zero-order chi connectivity index (χ0) is 24.2. The summed E-state index contributed by atoms with van der Waals surface area (Å²) in [6, 6.07) is 13.2. The summed E-state index contributed by atoms with van der Waals surface area (Å²) < 4.78 is 31.6. The molecule has 0 amide bonds. The highest BCUT2D eigenvalue weighted by Crippen LogP contribution is 2.26. The molecular weight excluding hydrogens is 508 g/mol. The Morgan fingerprint density at radius 1 is 1.00 bits per heavy atom. The molecule has 174 valence electrons. The molecule has 2 aromatic carbocycles. The highest BCUT2D eigenvalue weighted by Gasteiger charge is 2.18. The average molecular weight is 533 g/mol. The molecule has 0 radical (unpaired) electrons. The SMILES string of the molecule is Cc1ccc(S(=O)(=O)Oc2ccc(Br)cc2/C=N/Nc2cc(N(C)C)nc(N(C)C)n2)cc1. The molecule has 0 spiro atoms. The summed E-state index contributed by atoms with van der Waals surface area (Å²) in [7, 11) is 3.46. The van der Waals surface area contributed by atoms with Gasteiger partial charge < -0.3 is 14.0 Å². The molecule has 33 heavy (non-hydrogen) atoms. The molecule has 0 aliphatic rings. The predicted molar refractivity (Wildman–Crippen MR) is 135 cm³/mol. The van der Waals surface area contributed by atoms with Gasteiger partial charge in [0.25, 0.3) is 0 Å². The van der Waals surface area contributed by atoms with Gasteiger partial charge in [0, 0.05) is 44.3 Å². The fraction of sp³-hybridized carbons (Fsp3) is 0.227. The van der Waals surface area contributed by atoms with Crippen molar-refractivity contribution >= 4 is 49.8 Å². The van der Waals surface area contributed by atoms with Gasteiger partial charge in [-0.05, 0) is 37.3 Å². The van der Waals surface area contributed by atoms with Crippen LogP contribution in [-0.2, 0) is 10.1 Å². The van der Waals surface area contributed by atoms with Crippen molar-refractivity contribution < 1.29 is 12.6 Å². The van der Waals surface area contributed by atoms with Crippen LogP contribution in [0.5, 0.6) is 5.75 Å². The number of hydrazone groups is 1. The minimum absolute atomic E-state index is 0.0745. The number of hydrogen-bond donors (Lipinski definition) is 1. The standard InChI is InChI=1S/C22H25BrN6O3S/c1-15-6-9-18(10-7-15)33(30,31)32-19-11-8-17(23)12-16(19)14-24-27-20-13-21(28(2)3)26-22(25-20)29(4)5/h6-14H,1-5H3,(H,25,26,27)/b24-14+. The second kappa shape index (κ2) is 10.2. The van der Waals surface area contributed by atoms with Crippen molar-refractivity contribution in [3.8, 4) is 5.75 Å². The van der Waals surface area contributed by atoms with Gasteiger partial charge in [-0.2, -0.15) is 23.5 Å². The fourth-order valence-corrected chi connectivity index (χ4v) is 3.98. The van der Waals surface area contributed by atoms with E-state index in [1.807, 2.05) is 40.0 Å². The third kappa shape index (κ3) is 6.42. The molecule has 0 saturated heterocycles. The van der Waals surface area contributed by atoms with E-state index in [0.29, 0.717) is 23.1 Å². The number of aryl methyl sites for hydroxylation is 1. The topological polar surface area (TPSA) is 100 Å². The first-order valence-corrected chi connectivity index (χ1v) is 12.1. The summed E-state index contributed by atoms with van der Waals surface area (Å²) in [4.78, 5) is 12.6. The van der Waals surface area contributed by atoms with Crippen LogP contribution in [0.15, 0.2) is 63.0 Å². The van der Waals surface area contributed by atoms with Gasteiger partial charge in [-0.25, -0.2) is 0 Å². The Bertz CT molecular complexity index is 1240. The van der Waals surface area contributed by atoms with E-state index in [2.05, 4.69) is 36.4 Å². The normalized spacial score (nSPS) is 11.5. The average Bonchev–Trinajstić information content (AvgIpc) is 2.75. The van der Waals surface area contributed by atoms with E-state index in [1.165, 1.54) is 18.3 Å². The molecule has 0 atom stereocenters. The van der Waals surface area contributed by atoms with Gasteiger partial charge in [-0.1, -0.05) is 33.6 Å². The first-order valence-electron chi connectivity index (χ1n) is 9.88. The molecule has 1 N–H and O–H groups in total. The lowest BCUT2D eigenvalue weighted by Gasteiger charge is -2.17. The predicted octanol–water partition coefficient (Wildman–Crippen LogP) is 3.89. The maximum absolute atomic E-state index is 12.7. The molecule has 0 bridgehead atoms. The number of rotatable bonds is 8. The van der Waals surface area contributed by atoms with Crippen molar-refractivity contribution in [3.05, 3.63) is 64.1 Å². The minimum Gasteiger partial charge on any atom is -0.378 e. The van der Waals surface area contributed by atoms with Gasteiger partial charge >= 0.3 is 10.1 Å². The first kappa shape index (κ1) is 24.5. The van der Waals surface area contributed by atoms with Crippen molar-refractivity contribution in [1.82, 2.24) is 9.97 Å². The van der Waals surface area contributed by atoms with Gasteiger partial charge in [0.1, 0.15) is 10.7 Å². The Hall–Kier alpha value is -3.18. The van der Waals surface area contributed by atoms with Gasteiger partial charge in [0.2, 0.25) is 5.95 Å². The van der Waals surface area contributed by atoms with Crippen molar-refractivity contribution in [2.45, 2.75) is 11.8 Å². The summed E-state index contributed by atoms with van der Waals surface area (Å²) in [6.07, 6.45) is 1.47. The van der Waals surface area contributed by atoms with Crippen molar-refractivity contribution in [3.63, 3.8) is 0 Å². The van der Waals surface area contributed by atoms with E-state index in [9.17, 15) is 8.42 Å². The van der Waals surface area contributed by atoms with Gasteiger partial charge in [0.15, 0.2) is 11.6 Å². The molecular formula is C22H25BrN6O3S. The largest absolute Gasteiger partial charge is 0.378 e. The van der Waals surface area contributed by atoms with E-state index >= 15 is 0 Å². The number of hydrogen-bond acceptors (Lipinski definition) is 9. The smallest absolute Gasteiger partial charge is 0.339 e. The van der Waals surface area contributed by atoms with Crippen LogP contribution >= 0.6 is 15.9 Å². The van der Waals surface area contributed by atoms with Crippen LogP contribution in [0.25, 0.3) is 0 Å². The fourth-order valence-electron chi connectivity index (χ4n) is 2.64. The zero-order valence-corrected chi connectivity index (χ0v) is 21.3. The maximum Gasteiger partial charge on any atom is 0.339 e. The second-order valence-corrected chi connectivity index (χ2v) is 10.1. The molecule has 3 rings (SSSR count). The third-order valence-corrected chi connectivity index (χ3v) is 6.16. The number of halogens is 1. The van der Waals surface area contributed by atoms with Crippen LogP contribution in [0.4, 0.5) is 17.6 Å². The van der Waals surface area contributed by atoms with Crippen LogP contribution in [0, 0.1) is 6.92 Å². The first-order chi connectivity index (χ1) is 15.5. The second-order valence-electron chi connectivity index (χ2n) is 7.60. The van der Waals surface area contributed by atoms with Gasteiger partial charge in [-0.15, -0.1) is 0 Å². The molecule has 0 fully saturated rings. The van der Waals surface area contributed by atoms with Crippen LogP contribution in [0.2, 0.25) is 0 Å². The Labute approximate surface area is 202 Å². The van der Waals surface area contributed by atoms with E-state index in [4.69, 9.17) is 4.18 Å². The van der Waals surface area contributed by atoms with E-state index in [-0.39, 0.29) is 10.6 Å². The van der Waals surface area contributed by atoms with Crippen molar-refractivity contribution in [2.75, 3.05) is 43.4 Å². The van der Waals surface area contributed by atoms with Crippen molar-refractivity contribution in [2.24, 2.45) is 5.10 Å². The molecule has 1 aromatic heterocycles. The molecule has 3 aromatic rings. The Morgan fingerprint density at radius 2 is 1.70 bits per heavy atom. The van der Waals surface area contributed by atoms with Crippen LogP contribution in [0.1, 0.15) is 11.1 Å². The summed E-state index contributed by atoms with van der Waals surface area (Å²) in [5.74, 6) is 1.87. The molecule has 0 unspecified atom stereocenters. The lowest BCUT2D eigenvalue weighted by molar-refractivity contribution is 0.485. The molecule has 0 aliphatic heterocycles. The van der Waals surface area contributed by atoms with Crippen molar-refractivity contribution in [1.29, 1.82) is 0 Å². The minimum atomic E-state index is -4.00. The third-order valence-electron chi connectivity index (χ3n) is 4.42. The number of aromatic nitrogens is 2. The lowest BCUT2D eigenvalue weighted by atomic mass is 10.2. The van der Waals surface area contributed by atoms with Crippen LogP contribution in [0.3, 0.4) is 0 Å². The molecule has 11 heteroatoms. The monoisotopic (exact) mass is 532 g/mol. The Kier molecular flexibility index (Phi) is 7.54. The molecule has 0 aliphatic carbocycles. The van der Waals surface area contributed by atoms with Crippen LogP contribution < -0.4 is 19.4 Å². The summed E-state index contributed by atoms with van der Waals surface area (Å²) in [5, 5.41) is 4.23. The number of anilines is 3. The highest BCUT2D eigenvalue weighted by molar-refractivity contribution is 9.10. The highest BCUT2D eigenvalue weighted by atomic mass is 79.9. The number of nitrogens with zero attached hydrogens (tertiary/aromatic N) is 5. The quantitative estimate of drug-likeness (QED) is 0.265.